The Hall–Kier alpha value is -2.67. The SMILES string of the molecule is CCCCCCCCCCC/C=C\[C@@H](O)[C@@H](OCc1ccccc1)[C@@H](OCc1ccccc1)[C@H](CO)N=[N+]=[N-]. The van der Waals surface area contributed by atoms with Crippen molar-refractivity contribution in [2.75, 3.05) is 6.61 Å². The van der Waals surface area contributed by atoms with E-state index in [4.69, 9.17) is 15.0 Å². The van der Waals surface area contributed by atoms with Crippen LogP contribution in [-0.2, 0) is 22.7 Å². The Morgan fingerprint density at radius 2 is 1.31 bits per heavy atom. The van der Waals surface area contributed by atoms with Crippen LogP contribution < -0.4 is 0 Å². The largest absolute Gasteiger partial charge is 0.396 e. The smallest absolute Gasteiger partial charge is 0.114 e. The number of unbranched alkanes of at least 4 members (excludes halogenated alkanes) is 9. The lowest BCUT2D eigenvalue weighted by Gasteiger charge is -2.33. The molecule has 0 heterocycles. The van der Waals surface area contributed by atoms with Gasteiger partial charge in [0.2, 0.25) is 0 Å². The van der Waals surface area contributed by atoms with Crippen molar-refractivity contribution >= 4 is 0 Å². The second kappa shape index (κ2) is 21.2. The minimum absolute atomic E-state index is 0.225. The molecule has 0 aliphatic rings. The van der Waals surface area contributed by atoms with Gasteiger partial charge in [-0.3, -0.25) is 0 Å². The molecule has 0 radical (unpaired) electrons. The fourth-order valence-corrected chi connectivity index (χ4v) is 4.54. The van der Waals surface area contributed by atoms with Crippen molar-refractivity contribution in [3.63, 3.8) is 0 Å². The van der Waals surface area contributed by atoms with E-state index < -0.39 is 31.0 Å². The number of allylic oxidation sites excluding steroid dienone is 1. The minimum atomic E-state index is -1.00. The summed E-state index contributed by atoms with van der Waals surface area (Å²) in [5.41, 5.74) is 11.0. The summed E-state index contributed by atoms with van der Waals surface area (Å²) in [4.78, 5) is 2.90. The lowest BCUT2D eigenvalue weighted by molar-refractivity contribution is -0.132. The molecule has 2 aromatic rings. The Bertz CT molecular complexity index is 935. The second-order valence-corrected chi connectivity index (χ2v) is 10.0. The molecule has 0 saturated heterocycles. The van der Waals surface area contributed by atoms with Gasteiger partial charge in [-0.05, 0) is 29.5 Å². The monoisotopic (exact) mass is 537 g/mol. The van der Waals surface area contributed by atoms with Crippen LogP contribution in [0.25, 0.3) is 10.4 Å². The average Bonchev–Trinajstić information content (AvgIpc) is 2.97. The molecule has 4 atom stereocenters. The zero-order valence-corrected chi connectivity index (χ0v) is 23.5. The topological polar surface area (TPSA) is 108 Å². The maximum Gasteiger partial charge on any atom is 0.114 e. The molecule has 2 N–H and O–H groups in total. The van der Waals surface area contributed by atoms with Crippen molar-refractivity contribution < 1.29 is 19.7 Å². The molecular weight excluding hydrogens is 490 g/mol. The van der Waals surface area contributed by atoms with Gasteiger partial charge in [0.05, 0.1) is 32.0 Å². The van der Waals surface area contributed by atoms with Crippen molar-refractivity contribution in [1.29, 1.82) is 0 Å². The number of benzene rings is 2. The molecule has 0 aliphatic carbocycles. The van der Waals surface area contributed by atoms with Crippen LogP contribution in [0.3, 0.4) is 0 Å². The third-order valence-corrected chi connectivity index (χ3v) is 6.80. The van der Waals surface area contributed by atoms with Crippen LogP contribution in [-0.4, -0.2) is 41.2 Å². The zero-order chi connectivity index (χ0) is 28.0. The summed E-state index contributed by atoms with van der Waals surface area (Å²) in [6, 6.07) is 18.4. The van der Waals surface area contributed by atoms with Gasteiger partial charge in [-0.1, -0.05) is 136 Å². The van der Waals surface area contributed by atoms with Gasteiger partial charge in [-0.2, -0.15) is 0 Å². The van der Waals surface area contributed by atoms with Gasteiger partial charge >= 0.3 is 0 Å². The molecule has 0 amide bonds. The molecule has 2 rings (SSSR count). The number of nitrogens with zero attached hydrogens (tertiary/aromatic N) is 3. The van der Waals surface area contributed by atoms with Gasteiger partial charge in [0.1, 0.15) is 12.2 Å². The van der Waals surface area contributed by atoms with E-state index >= 15 is 0 Å². The van der Waals surface area contributed by atoms with Crippen LogP contribution in [0.4, 0.5) is 0 Å². The highest BCUT2D eigenvalue weighted by Gasteiger charge is 2.35. The summed E-state index contributed by atoms with van der Waals surface area (Å²) >= 11 is 0. The number of aliphatic hydroxyl groups is 2. The quantitative estimate of drug-likeness (QED) is 0.0528. The second-order valence-electron chi connectivity index (χ2n) is 10.0. The first-order chi connectivity index (χ1) is 19.2. The van der Waals surface area contributed by atoms with E-state index in [1.54, 1.807) is 6.08 Å². The molecular formula is C32H47N3O4. The van der Waals surface area contributed by atoms with E-state index in [1.165, 1.54) is 51.4 Å². The Kier molecular flexibility index (Phi) is 17.7. The average molecular weight is 538 g/mol. The fourth-order valence-electron chi connectivity index (χ4n) is 4.54. The Morgan fingerprint density at radius 3 is 1.82 bits per heavy atom. The number of hydrogen-bond acceptors (Lipinski definition) is 5. The van der Waals surface area contributed by atoms with Crippen LogP contribution >= 0.6 is 0 Å². The summed E-state index contributed by atoms with van der Waals surface area (Å²) in [7, 11) is 0. The molecule has 0 aromatic heterocycles. The summed E-state index contributed by atoms with van der Waals surface area (Å²) in [5.74, 6) is 0. The molecule has 0 saturated carbocycles. The summed E-state index contributed by atoms with van der Waals surface area (Å²) in [6.07, 6.45) is 13.3. The molecule has 0 unspecified atom stereocenters. The van der Waals surface area contributed by atoms with Gasteiger partial charge in [0, 0.05) is 4.91 Å². The Balaban J connectivity index is 2.02. The van der Waals surface area contributed by atoms with Gasteiger partial charge in [0.15, 0.2) is 0 Å². The third kappa shape index (κ3) is 13.8. The van der Waals surface area contributed by atoms with Crippen molar-refractivity contribution in [3.8, 4) is 0 Å². The van der Waals surface area contributed by atoms with E-state index in [9.17, 15) is 10.2 Å². The first-order valence-electron chi connectivity index (χ1n) is 14.5. The third-order valence-electron chi connectivity index (χ3n) is 6.80. The first kappa shape index (κ1) is 32.5. The maximum absolute atomic E-state index is 11.2. The van der Waals surface area contributed by atoms with Crippen molar-refractivity contribution in [2.45, 2.75) is 109 Å². The molecule has 0 bridgehead atoms. The number of hydrogen-bond donors (Lipinski definition) is 2. The van der Waals surface area contributed by atoms with Crippen molar-refractivity contribution in [2.24, 2.45) is 5.11 Å². The summed E-state index contributed by atoms with van der Waals surface area (Å²) in [6.45, 7) is 2.28. The highest BCUT2D eigenvalue weighted by Crippen LogP contribution is 2.21. The van der Waals surface area contributed by atoms with Crippen molar-refractivity contribution in [3.05, 3.63) is 94.4 Å². The van der Waals surface area contributed by atoms with E-state index in [-0.39, 0.29) is 13.2 Å². The summed E-state index contributed by atoms with van der Waals surface area (Å²) < 4.78 is 12.4. The van der Waals surface area contributed by atoms with Crippen LogP contribution in [0.15, 0.2) is 77.9 Å². The van der Waals surface area contributed by atoms with Crippen LogP contribution in [0.2, 0.25) is 0 Å². The van der Waals surface area contributed by atoms with Gasteiger partial charge in [-0.15, -0.1) is 0 Å². The highest BCUT2D eigenvalue weighted by molar-refractivity contribution is 5.15. The molecule has 0 aliphatic heterocycles. The molecule has 214 valence electrons. The van der Waals surface area contributed by atoms with Crippen LogP contribution in [0, 0.1) is 0 Å². The van der Waals surface area contributed by atoms with Crippen LogP contribution in [0.5, 0.6) is 0 Å². The predicted molar refractivity (Wildman–Crippen MR) is 157 cm³/mol. The number of rotatable bonds is 22. The Labute approximate surface area is 234 Å². The van der Waals surface area contributed by atoms with Gasteiger partial charge < -0.3 is 19.7 Å². The predicted octanol–water partition coefficient (Wildman–Crippen LogP) is 7.67. The lowest BCUT2D eigenvalue weighted by Crippen LogP contribution is -2.47. The molecule has 0 spiro atoms. The number of azide groups is 1. The highest BCUT2D eigenvalue weighted by atomic mass is 16.5. The minimum Gasteiger partial charge on any atom is -0.396 e. The van der Waals surface area contributed by atoms with E-state index in [0.717, 1.165) is 24.0 Å². The molecule has 7 heteroatoms. The number of ether oxygens (including phenoxy) is 2. The molecule has 7 nitrogen and oxygen atoms in total. The standard InChI is InChI=1S/C32H47N3O4/c1-2-3-4-5-6-7-8-9-10-11-18-23-30(37)32(39-26-28-21-16-13-17-22-28)31(29(24-36)34-35-33)38-25-27-19-14-12-15-20-27/h12-23,29-32,36-37H,2-11,24-26H2,1H3/b23-18-/t29-,30+,31-,32+/m0/s1. The molecule has 0 fully saturated rings. The number of aliphatic hydroxyl groups excluding tert-OH is 2. The fraction of sp³-hybridized carbons (Fsp3) is 0.562. The zero-order valence-electron chi connectivity index (χ0n) is 23.5. The van der Waals surface area contributed by atoms with E-state index in [0.29, 0.717) is 0 Å². The van der Waals surface area contributed by atoms with E-state index in [1.807, 2.05) is 66.7 Å². The molecule has 39 heavy (non-hydrogen) atoms. The lowest BCUT2D eigenvalue weighted by atomic mass is 10.00. The summed E-state index contributed by atoms with van der Waals surface area (Å²) in [5, 5.41) is 25.0. The maximum atomic E-state index is 11.2. The van der Waals surface area contributed by atoms with Crippen molar-refractivity contribution in [1.82, 2.24) is 0 Å². The van der Waals surface area contributed by atoms with Gasteiger partial charge in [-0.25, -0.2) is 0 Å². The first-order valence-corrected chi connectivity index (χ1v) is 14.5. The molecule has 2 aromatic carbocycles. The van der Waals surface area contributed by atoms with Gasteiger partial charge in [0.25, 0.3) is 0 Å². The van der Waals surface area contributed by atoms with Crippen LogP contribution in [0.1, 0.15) is 82.3 Å². The van der Waals surface area contributed by atoms with E-state index in [2.05, 4.69) is 16.9 Å². The Morgan fingerprint density at radius 1 is 0.795 bits per heavy atom. The normalized spacial score (nSPS) is 14.5.